The molecule has 0 heterocycles. The van der Waals surface area contributed by atoms with Gasteiger partial charge >= 0.3 is 0 Å². The van der Waals surface area contributed by atoms with Gasteiger partial charge in [0.1, 0.15) is 5.54 Å². The molecule has 2 saturated carbocycles. The molecule has 0 bridgehead atoms. The van der Waals surface area contributed by atoms with Gasteiger partial charge in [0, 0.05) is 6.04 Å². The molecular formula is C14H24N2. The highest BCUT2D eigenvalue weighted by Crippen LogP contribution is 2.41. The molecule has 0 saturated heterocycles. The van der Waals surface area contributed by atoms with Gasteiger partial charge in [0.25, 0.3) is 0 Å². The Morgan fingerprint density at radius 1 is 1.12 bits per heavy atom. The first-order valence-electron chi connectivity index (χ1n) is 6.74. The number of hydrogen-bond donors (Lipinski definition) is 1. The number of nitrogens with one attached hydrogen (secondary N) is 1. The second-order valence-electron chi connectivity index (χ2n) is 6.51. The number of hydrogen-bond acceptors (Lipinski definition) is 2. The van der Waals surface area contributed by atoms with E-state index >= 15 is 0 Å². The molecule has 2 rings (SSSR count). The smallest absolute Gasteiger partial charge is 0.107 e. The van der Waals surface area contributed by atoms with E-state index in [1.807, 2.05) is 0 Å². The molecule has 0 aromatic heterocycles. The topological polar surface area (TPSA) is 35.8 Å². The van der Waals surface area contributed by atoms with Crippen LogP contribution in [-0.4, -0.2) is 11.6 Å². The van der Waals surface area contributed by atoms with Crippen molar-refractivity contribution in [3.8, 4) is 6.07 Å². The zero-order chi connectivity index (χ0) is 11.6. The van der Waals surface area contributed by atoms with Crippen molar-refractivity contribution in [2.75, 3.05) is 0 Å². The molecule has 0 aromatic rings. The Kier molecular flexibility index (Phi) is 3.26. The number of nitriles is 1. The Bertz CT molecular complexity index is 284. The molecule has 2 heteroatoms. The molecule has 0 amide bonds. The van der Waals surface area contributed by atoms with Gasteiger partial charge in [0.05, 0.1) is 6.07 Å². The first-order valence-corrected chi connectivity index (χ1v) is 6.74. The Morgan fingerprint density at radius 2 is 1.81 bits per heavy atom. The summed E-state index contributed by atoms with van der Waals surface area (Å²) in [6.45, 7) is 4.60. The number of rotatable bonds is 2. The highest BCUT2D eigenvalue weighted by molar-refractivity contribution is 5.12. The van der Waals surface area contributed by atoms with Crippen LogP contribution in [-0.2, 0) is 0 Å². The monoisotopic (exact) mass is 220 g/mol. The van der Waals surface area contributed by atoms with Gasteiger partial charge in [-0.2, -0.15) is 5.26 Å². The van der Waals surface area contributed by atoms with E-state index in [2.05, 4.69) is 25.2 Å². The van der Waals surface area contributed by atoms with Crippen LogP contribution in [0.1, 0.15) is 65.2 Å². The minimum absolute atomic E-state index is 0.225. The largest absolute Gasteiger partial charge is 0.297 e. The van der Waals surface area contributed by atoms with Gasteiger partial charge < -0.3 is 0 Å². The van der Waals surface area contributed by atoms with Crippen molar-refractivity contribution in [2.24, 2.45) is 5.41 Å². The molecule has 1 N–H and O–H groups in total. The molecule has 2 fully saturated rings. The van der Waals surface area contributed by atoms with Gasteiger partial charge in [-0.05, 0) is 37.5 Å². The van der Waals surface area contributed by atoms with Crippen LogP contribution >= 0.6 is 0 Å². The third kappa shape index (κ3) is 2.58. The Labute approximate surface area is 99.4 Å². The van der Waals surface area contributed by atoms with Crippen molar-refractivity contribution in [3.63, 3.8) is 0 Å². The summed E-state index contributed by atoms with van der Waals surface area (Å²) < 4.78 is 0. The Morgan fingerprint density at radius 3 is 2.38 bits per heavy atom. The van der Waals surface area contributed by atoms with Crippen molar-refractivity contribution in [1.82, 2.24) is 5.32 Å². The van der Waals surface area contributed by atoms with Gasteiger partial charge in [0.15, 0.2) is 0 Å². The molecule has 2 aliphatic carbocycles. The molecule has 2 aliphatic rings. The molecule has 1 unspecified atom stereocenters. The van der Waals surface area contributed by atoms with Crippen LogP contribution < -0.4 is 5.32 Å². The van der Waals surface area contributed by atoms with Gasteiger partial charge in [-0.25, -0.2) is 0 Å². The van der Waals surface area contributed by atoms with Crippen molar-refractivity contribution in [1.29, 1.82) is 5.26 Å². The normalized spacial score (nSPS) is 34.8. The Balaban J connectivity index is 2.03. The zero-order valence-corrected chi connectivity index (χ0v) is 10.7. The lowest BCUT2D eigenvalue weighted by Gasteiger charge is -2.42. The van der Waals surface area contributed by atoms with E-state index in [4.69, 9.17) is 0 Å². The molecule has 1 atom stereocenters. The second kappa shape index (κ2) is 4.37. The summed E-state index contributed by atoms with van der Waals surface area (Å²) in [6.07, 6.45) is 9.73. The molecule has 16 heavy (non-hydrogen) atoms. The summed E-state index contributed by atoms with van der Waals surface area (Å²) in [5.74, 6) is 0. The molecular weight excluding hydrogens is 196 g/mol. The molecule has 0 radical (unpaired) electrons. The average Bonchev–Trinajstić information content (AvgIpc) is 2.69. The van der Waals surface area contributed by atoms with Crippen LogP contribution in [0.4, 0.5) is 0 Å². The van der Waals surface area contributed by atoms with Crippen LogP contribution in [0.25, 0.3) is 0 Å². The third-order valence-corrected chi connectivity index (χ3v) is 4.29. The first kappa shape index (κ1) is 11.9. The van der Waals surface area contributed by atoms with Crippen molar-refractivity contribution < 1.29 is 0 Å². The lowest BCUT2D eigenvalue weighted by atomic mass is 9.68. The lowest BCUT2D eigenvalue weighted by Crippen LogP contribution is -2.53. The predicted octanol–water partition coefficient (Wildman–Crippen LogP) is 3.38. The van der Waals surface area contributed by atoms with Crippen molar-refractivity contribution in [2.45, 2.75) is 76.8 Å². The van der Waals surface area contributed by atoms with Gasteiger partial charge in [-0.3, -0.25) is 5.32 Å². The fourth-order valence-electron chi connectivity index (χ4n) is 3.57. The van der Waals surface area contributed by atoms with Gasteiger partial charge in [-0.15, -0.1) is 0 Å². The van der Waals surface area contributed by atoms with Crippen LogP contribution in [0.2, 0.25) is 0 Å². The number of nitrogens with zero attached hydrogens (tertiary/aromatic N) is 1. The fraction of sp³-hybridized carbons (Fsp3) is 0.929. The van der Waals surface area contributed by atoms with Crippen molar-refractivity contribution in [3.05, 3.63) is 0 Å². The zero-order valence-electron chi connectivity index (χ0n) is 10.7. The van der Waals surface area contributed by atoms with E-state index in [-0.39, 0.29) is 5.54 Å². The second-order valence-corrected chi connectivity index (χ2v) is 6.51. The quantitative estimate of drug-likeness (QED) is 0.774. The highest BCUT2D eigenvalue weighted by atomic mass is 15.0. The van der Waals surface area contributed by atoms with Crippen LogP contribution in [0.5, 0.6) is 0 Å². The van der Waals surface area contributed by atoms with Crippen LogP contribution in [0.15, 0.2) is 0 Å². The summed E-state index contributed by atoms with van der Waals surface area (Å²) in [6, 6.07) is 3.19. The minimum Gasteiger partial charge on any atom is -0.297 e. The lowest BCUT2D eigenvalue weighted by molar-refractivity contribution is 0.147. The summed E-state index contributed by atoms with van der Waals surface area (Å²) in [7, 11) is 0. The summed E-state index contributed by atoms with van der Waals surface area (Å²) >= 11 is 0. The maximum atomic E-state index is 9.52. The van der Waals surface area contributed by atoms with E-state index < -0.39 is 0 Å². The molecule has 0 spiro atoms. The third-order valence-electron chi connectivity index (χ3n) is 4.29. The standard InChI is InChI=1S/C14H24N2/c1-13(2)8-5-9-14(10-13,11-15)16-12-6-3-4-7-12/h12,16H,3-10H2,1-2H3. The van der Waals surface area contributed by atoms with Crippen molar-refractivity contribution >= 4 is 0 Å². The van der Waals surface area contributed by atoms with Gasteiger partial charge in [0.2, 0.25) is 0 Å². The minimum atomic E-state index is -0.225. The van der Waals surface area contributed by atoms with Crippen LogP contribution in [0.3, 0.4) is 0 Å². The van der Waals surface area contributed by atoms with Crippen LogP contribution in [0, 0.1) is 16.7 Å². The van der Waals surface area contributed by atoms with E-state index in [1.54, 1.807) is 0 Å². The van der Waals surface area contributed by atoms with E-state index in [9.17, 15) is 5.26 Å². The summed E-state index contributed by atoms with van der Waals surface area (Å²) in [5, 5.41) is 13.2. The van der Waals surface area contributed by atoms with Gasteiger partial charge in [-0.1, -0.05) is 33.1 Å². The Hall–Kier alpha value is -0.550. The maximum absolute atomic E-state index is 9.52. The molecule has 2 nitrogen and oxygen atoms in total. The van der Waals surface area contributed by atoms with E-state index in [0.717, 1.165) is 12.8 Å². The SMILES string of the molecule is CC1(C)CCCC(C#N)(NC2CCCC2)C1. The van der Waals surface area contributed by atoms with E-state index in [1.165, 1.54) is 38.5 Å². The first-order chi connectivity index (χ1) is 7.55. The molecule has 0 aromatic carbocycles. The molecule has 90 valence electrons. The van der Waals surface area contributed by atoms with E-state index in [0.29, 0.717) is 11.5 Å². The fourth-order valence-corrected chi connectivity index (χ4v) is 3.57. The average molecular weight is 220 g/mol. The molecule has 0 aliphatic heterocycles. The maximum Gasteiger partial charge on any atom is 0.107 e. The highest BCUT2D eigenvalue weighted by Gasteiger charge is 2.41. The summed E-state index contributed by atoms with van der Waals surface area (Å²) in [4.78, 5) is 0. The summed E-state index contributed by atoms with van der Waals surface area (Å²) in [5.41, 5.74) is 0.107. The predicted molar refractivity (Wildman–Crippen MR) is 66.0 cm³/mol.